The number of ether oxygens (including phenoxy) is 1. The number of carbonyl (C=O) groups is 1. The van der Waals surface area contributed by atoms with E-state index in [-0.39, 0.29) is 0 Å². The van der Waals surface area contributed by atoms with E-state index in [1.807, 2.05) is 18.2 Å². The number of hydrogen-bond donors (Lipinski definition) is 2. The van der Waals surface area contributed by atoms with Gasteiger partial charge >= 0.3 is 0 Å². The summed E-state index contributed by atoms with van der Waals surface area (Å²) in [5, 5.41) is 3.18. The second kappa shape index (κ2) is 5.86. The fraction of sp³-hybridized carbons (Fsp3) is 0.143. The number of nitrogens with two attached hydrogens (primary N) is 1. The number of anilines is 1. The molecular weight excluding hydrogens is 242 g/mol. The van der Waals surface area contributed by atoms with E-state index < -0.39 is 5.91 Å². The molecule has 1 heterocycles. The molecule has 5 heteroatoms. The number of hydrogen-bond acceptors (Lipinski definition) is 4. The third kappa shape index (κ3) is 3.45. The second-order valence-electron chi connectivity index (χ2n) is 3.97. The first kappa shape index (κ1) is 12.9. The van der Waals surface area contributed by atoms with Gasteiger partial charge in [-0.05, 0) is 24.3 Å². The zero-order valence-electron chi connectivity index (χ0n) is 10.6. The Morgan fingerprint density at radius 3 is 2.84 bits per heavy atom. The molecule has 3 N–H and O–H groups in total. The van der Waals surface area contributed by atoms with Crippen LogP contribution in [0.2, 0.25) is 0 Å². The molecule has 0 bridgehead atoms. The van der Waals surface area contributed by atoms with Crippen LogP contribution in [0.3, 0.4) is 0 Å². The van der Waals surface area contributed by atoms with Gasteiger partial charge in [0.1, 0.15) is 0 Å². The Hall–Kier alpha value is -2.56. The summed E-state index contributed by atoms with van der Waals surface area (Å²) in [6, 6.07) is 12.6. The summed E-state index contributed by atoms with van der Waals surface area (Å²) < 4.78 is 5.06. The van der Waals surface area contributed by atoms with Crippen LogP contribution in [0.15, 0.2) is 42.5 Å². The number of rotatable bonds is 5. The maximum Gasteiger partial charge on any atom is 0.248 e. The van der Waals surface area contributed by atoms with Gasteiger partial charge in [0.15, 0.2) is 0 Å². The SMILES string of the molecule is COc1cccc(CNc2cccc(C(N)=O)c2)n1. The lowest BCUT2D eigenvalue weighted by Crippen LogP contribution is -2.11. The fourth-order valence-electron chi connectivity index (χ4n) is 1.64. The van der Waals surface area contributed by atoms with E-state index in [0.717, 1.165) is 11.4 Å². The van der Waals surface area contributed by atoms with Crippen LogP contribution in [0.5, 0.6) is 5.88 Å². The van der Waals surface area contributed by atoms with E-state index in [9.17, 15) is 4.79 Å². The van der Waals surface area contributed by atoms with Gasteiger partial charge in [-0.15, -0.1) is 0 Å². The summed E-state index contributed by atoms with van der Waals surface area (Å²) in [6.07, 6.45) is 0. The number of nitrogens with zero attached hydrogens (tertiary/aromatic N) is 1. The number of benzene rings is 1. The predicted molar refractivity (Wildman–Crippen MR) is 73.1 cm³/mol. The molecule has 0 aliphatic carbocycles. The van der Waals surface area contributed by atoms with Crippen LogP contribution in [0, 0.1) is 0 Å². The zero-order valence-corrected chi connectivity index (χ0v) is 10.6. The highest BCUT2D eigenvalue weighted by molar-refractivity contribution is 5.93. The Labute approximate surface area is 111 Å². The lowest BCUT2D eigenvalue weighted by Gasteiger charge is -2.08. The third-order valence-corrected chi connectivity index (χ3v) is 2.61. The maximum absolute atomic E-state index is 11.1. The first-order valence-electron chi connectivity index (χ1n) is 5.82. The predicted octanol–water partition coefficient (Wildman–Crippen LogP) is 1.80. The monoisotopic (exact) mass is 257 g/mol. The van der Waals surface area contributed by atoms with E-state index in [0.29, 0.717) is 18.0 Å². The second-order valence-corrected chi connectivity index (χ2v) is 3.97. The topological polar surface area (TPSA) is 77.2 Å². The normalized spacial score (nSPS) is 9.95. The number of aromatic nitrogens is 1. The zero-order chi connectivity index (χ0) is 13.7. The van der Waals surface area contributed by atoms with Crippen molar-refractivity contribution in [2.24, 2.45) is 5.73 Å². The molecule has 0 unspecified atom stereocenters. The maximum atomic E-state index is 11.1. The highest BCUT2D eigenvalue weighted by Gasteiger charge is 2.02. The molecule has 0 saturated heterocycles. The minimum Gasteiger partial charge on any atom is -0.481 e. The minimum atomic E-state index is -0.442. The molecule has 0 fully saturated rings. The van der Waals surface area contributed by atoms with Crippen LogP contribution < -0.4 is 15.8 Å². The molecule has 19 heavy (non-hydrogen) atoms. The van der Waals surface area contributed by atoms with Crippen molar-refractivity contribution in [1.82, 2.24) is 4.98 Å². The molecule has 1 aromatic heterocycles. The fourth-order valence-corrected chi connectivity index (χ4v) is 1.64. The van der Waals surface area contributed by atoms with Gasteiger partial charge in [0, 0.05) is 17.3 Å². The smallest absolute Gasteiger partial charge is 0.248 e. The summed E-state index contributed by atoms with van der Waals surface area (Å²) >= 11 is 0. The van der Waals surface area contributed by atoms with Crippen LogP contribution in [-0.4, -0.2) is 18.0 Å². The highest BCUT2D eigenvalue weighted by Crippen LogP contribution is 2.12. The summed E-state index contributed by atoms with van der Waals surface area (Å²) in [4.78, 5) is 15.4. The van der Waals surface area contributed by atoms with Crippen molar-refractivity contribution >= 4 is 11.6 Å². The summed E-state index contributed by atoms with van der Waals surface area (Å²) in [6.45, 7) is 0.541. The van der Waals surface area contributed by atoms with Gasteiger partial charge in [0.25, 0.3) is 0 Å². The highest BCUT2D eigenvalue weighted by atomic mass is 16.5. The van der Waals surface area contributed by atoms with Crippen molar-refractivity contribution in [3.8, 4) is 5.88 Å². The van der Waals surface area contributed by atoms with Gasteiger partial charge < -0.3 is 15.8 Å². The van der Waals surface area contributed by atoms with E-state index in [1.165, 1.54) is 0 Å². The van der Waals surface area contributed by atoms with Crippen LogP contribution in [0.1, 0.15) is 16.1 Å². The van der Waals surface area contributed by atoms with Crippen molar-refractivity contribution < 1.29 is 9.53 Å². The lowest BCUT2D eigenvalue weighted by atomic mass is 10.2. The summed E-state index contributed by atoms with van der Waals surface area (Å²) in [7, 11) is 1.58. The first-order chi connectivity index (χ1) is 9.19. The van der Waals surface area contributed by atoms with E-state index >= 15 is 0 Å². The molecule has 2 aromatic rings. The number of amides is 1. The molecule has 2 rings (SSSR count). The van der Waals surface area contributed by atoms with Gasteiger partial charge in [-0.1, -0.05) is 12.1 Å². The lowest BCUT2D eigenvalue weighted by molar-refractivity contribution is 0.100. The summed E-state index contributed by atoms with van der Waals surface area (Å²) in [5.41, 5.74) is 7.38. The number of pyridine rings is 1. The Morgan fingerprint density at radius 1 is 1.32 bits per heavy atom. The molecular formula is C14H15N3O2. The molecule has 1 amide bonds. The van der Waals surface area contributed by atoms with E-state index in [2.05, 4.69) is 10.3 Å². The molecule has 0 spiro atoms. The number of nitrogens with one attached hydrogen (secondary N) is 1. The van der Waals surface area contributed by atoms with Gasteiger partial charge in [0.05, 0.1) is 19.3 Å². The van der Waals surface area contributed by atoms with Crippen LogP contribution in [0.4, 0.5) is 5.69 Å². The Bertz CT molecular complexity index is 584. The van der Waals surface area contributed by atoms with Gasteiger partial charge in [0.2, 0.25) is 11.8 Å². The van der Waals surface area contributed by atoms with Gasteiger partial charge in [-0.2, -0.15) is 0 Å². The van der Waals surface area contributed by atoms with Gasteiger partial charge in [-0.3, -0.25) is 4.79 Å². The molecule has 0 radical (unpaired) electrons. The largest absolute Gasteiger partial charge is 0.481 e. The summed E-state index contributed by atoms with van der Waals surface area (Å²) in [5.74, 6) is 0.133. The Balaban J connectivity index is 2.05. The van der Waals surface area contributed by atoms with Crippen molar-refractivity contribution in [2.45, 2.75) is 6.54 Å². The van der Waals surface area contributed by atoms with Crippen LogP contribution in [0.25, 0.3) is 0 Å². The number of carbonyl (C=O) groups excluding carboxylic acids is 1. The van der Waals surface area contributed by atoms with Gasteiger partial charge in [-0.25, -0.2) is 4.98 Å². The van der Waals surface area contributed by atoms with E-state index in [4.69, 9.17) is 10.5 Å². The number of primary amides is 1. The Morgan fingerprint density at radius 2 is 2.11 bits per heavy atom. The standard InChI is InChI=1S/C14H15N3O2/c1-19-13-7-3-6-12(17-13)9-16-11-5-2-4-10(8-11)14(15)18/h2-8,16H,9H2,1H3,(H2,15,18). The third-order valence-electron chi connectivity index (χ3n) is 2.61. The van der Waals surface area contributed by atoms with Crippen LogP contribution in [-0.2, 0) is 6.54 Å². The molecule has 5 nitrogen and oxygen atoms in total. The molecule has 1 aromatic carbocycles. The minimum absolute atomic E-state index is 0.442. The first-order valence-corrected chi connectivity index (χ1v) is 5.82. The van der Waals surface area contributed by atoms with Crippen LogP contribution >= 0.6 is 0 Å². The average Bonchev–Trinajstić information content (AvgIpc) is 2.45. The molecule has 98 valence electrons. The van der Waals surface area contributed by atoms with Crippen molar-refractivity contribution in [2.75, 3.05) is 12.4 Å². The van der Waals surface area contributed by atoms with E-state index in [1.54, 1.807) is 31.4 Å². The Kier molecular flexibility index (Phi) is 3.97. The number of methoxy groups -OCH3 is 1. The molecule has 0 saturated carbocycles. The van der Waals surface area contributed by atoms with Crippen molar-refractivity contribution in [3.05, 3.63) is 53.7 Å². The molecule has 0 aliphatic rings. The van der Waals surface area contributed by atoms with Crippen molar-refractivity contribution in [1.29, 1.82) is 0 Å². The average molecular weight is 257 g/mol. The molecule has 0 atom stereocenters. The van der Waals surface area contributed by atoms with Crippen molar-refractivity contribution in [3.63, 3.8) is 0 Å². The quantitative estimate of drug-likeness (QED) is 0.856. The molecule has 0 aliphatic heterocycles.